The Morgan fingerprint density at radius 3 is 1.96 bits per heavy atom. The zero-order valence-electron chi connectivity index (χ0n) is 30.7. The number of amides is 5. The summed E-state index contributed by atoms with van der Waals surface area (Å²) in [7, 11) is 0. The van der Waals surface area contributed by atoms with Crippen LogP contribution < -0.4 is 21.7 Å². The summed E-state index contributed by atoms with van der Waals surface area (Å²) in [4.78, 5) is 68.1. The number of nitrogens with one attached hydrogen (secondary N) is 3. The van der Waals surface area contributed by atoms with Crippen molar-refractivity contribution in [3.63, 3.8) is 0 Å². The monoisotopic (exact) mass is 695 g/mol. The number of nitrogens with zero attached hydrogens (tertiary/aromatic N) is 1. The summed E-state index contributed by atoms with van der Waals surface area (Å²) in [6.07, 6.45) is -0.129. The van der Waals surface area contributed by atoms with Gasteiger partial charge in [-0.3, -0.25) is 14.4 Å². The zero-order valence-corrected chi connectivity index (χ0v) is 30.7. The lowest BCUT2D eigenvalue weighted by atomic mass is 9.98. The molecule has 0 aliphatic carbocycles. The Morgan fingerprint density at radius 1 is 0.820 bits per heavy atom. The SMILES string of the molecule is CC(C)C[C@@H](C(=O)N[C@H](CNC(=O)[C@H](Cc1ccccc1)NC(=O)OCc1ccccc1)C(C)C)N(C(=O)CCCCN)C(=O)OC(C)(C)C. The largest absolute Gasteiger partial charge is 0.445 e. The van der Waals surface area contributed by atoms with E-state index >= 15 is 0 Å². The van der Waals surface area contributed by atoms with Crippen LogP contribution in [0.1, 0.15) is 85.3 Å². The van der Waals surface area contributed by atoms with Gasteiger partial charge in [0.2, 0.25) is 17.7 Å². The van der Waals surface area contributed by atoms with Crippen molar-refractivity contribution in [2.24, 2.45) is 17.6 Å². The van der Waals surface area contributed by atoms with Crippen LogP contribution >= 0.6 is 0 Å². The van der Waals surface area contributed by atoms with E-state index in [-0.39, 0.29) is 44.2 Å². The first-order valence-electron chi connectivity index (χ1n) is 17.5. The van der Waals surface area contributed by atoms with Gasteiger partial charge in [-0.2, -0.15) is 0 Å². The molecule has 2 aromatic carbocycles. The van der Waals surface area contributed by atoms with Crippen molar-refractivity contribution in [1.82, 2.24) is 20.9 Å². The fourth-order valence-corrected chi connectivity index (χ4v) is 5.06. The Kier molecular flexibility index (Phi) is 17.5. The highest BCUT2D eigenvalue weighted by Crippen LogP contribution is 2.20. The van der Waals surface area contributed by atoms with Crippen molar-refractivity contribution in [1.29, 1.82) is 0 Å². The Hall–Kier alpha value is -4.45. The van der Waals surface area contributed by atoms with Gasteiger partial charge in [0.25, 0.3) is 0 Å². The van der Waals surface area contributed by atoms with E-state index in [0.717, 1.165) is 16.0 Å². The number of benzene rings is 2. The second kappa shape index (κ2) is 20.9. The number of nitrogens with two attached hydrogens (primary N) is 1. The fraction of sp³-hybridized carbons (Fsp3) is 0.553. The van der Waals surface area contributed by atoms with Crippen LogP contribution in [-0.2, 0) is 36.9 Å². The van der Waals surface area contributed by atoms with E-state index in [1.54, 1.807) is 20.8 Å². The number of ether oxygens (including phenoxy) is 2. The van der Waals surface area contributed by atoms with E-state index < -0.39 is 53.6 Å². The molecule has 0 aliphatic rings. The van der Waals surface area contributed by atoms with E-state index in [0.29, 0.717) is 19.4 Å². The molecule has 5 N–H and O–H groups in total. The number of imide groups is 1. The summed E-state index contributed by atoms with van der Waals surface area (Å²) in [5, 5.41) is 8.54. The molecule has 0 spiro atoms. The molecule has 0 radical (unpaired) electrons. The van der Waals surface area contributed by atoms with Crippen LogP contribution in [0.4, 0.5) is 9.59 Å². The molecule has 0 aromatic heterocycles. The van der Waals surface area contributed by atoms with Gasteiger partial charge in [0.05, 0.1) is 0 Å². The summed E-state index contributed by atoms with van der Waals surface area (Å²) in [5.74, 6) is -1.71. The van der Waals surface area contributed by atoms with Crippen LogP contribution in [0.15, 0.2) is 60.7 Å². The second-order valence-electron chi connectivity index (χ2n) is 14.2. The molecule has 276 valence electrons. The van der Waals surface area contributed by atoms with Crippen LogP contribution in [0, 0.1) is 11.8 Å². The number of hydrogen-bond donors (Lipinski definition) is 4. The molecule has 3 atom stereocenters. The maximum Gasteiger partial charge on any atom is 0.417 e. The van der Waals surface area contributed by atoms with E-state index in [1.807, 2.05) is 88.4 Å². The van der Waals surface area contributed by atoms with Gasteiger partial charge in [-0.25, -0.2) is 14.5 Å². The summed E-state index contributed by atoms with van der Waals surface area (Å²) in [6, 6.07) is 15.8. The standard InChI is InChI=1S/C38H57N5O7/c1-26(2)22-32(43(33(44)20-14-15-21-39)37(48)50-38(5,6)7)35(46)41-31(27(3)4)24-40-34(45)30(23-28-16-10-8-11-17-28)42-36(47)49-25-29-18-12-9-13-19-29/h8-13,16-19,26-27,30-32H,14-15,20-25,39H2,1-7H3,(H,40,45)(H,41,46)(H,42,47)/t30-,31+,32-/m0/s1. The zero-order chi connectivity index (χ0) is 37.3. The van der Waals surface area contributed by atoms with Crippen LogP contribution in [0.2, 0.25) is 0 Å². The molecule has 2 rings (SSSR count). The molecular weight excluding hydrogens is 638 g/mol. The average molecular weight is 696 g/mol. The van der Waals surface area contributed by atoms with E-state index in [2.05, 4.69) is 16.0 Å². The molecule has 5 amide bonds. The third-order valence-corrected chi connectivity index (χ3v) is 7.75. The van der Waals surface area contributed by atoms with Crippen molar-refractivity contribution >= 4 is 29.9 Å². The summed E-state index contributed by atoms with van der Waals surface area (Å²) < 4.78 is 11.0. The highest BCUT2D eigenvalue weighted by atomic mass is 16.6. The van der Waals surface area contributed by atoms with Gasteiger partial charge in [-0.15, -0.1) is 0 Å². The molecule has 0 aliphatic heterocycles. The topological polar surface area (TPSA) is 169 Å². The van der Waals surface area contributed by atoms with E-state index in [9.17, 15) is 24.0 Å². The maximum absolute atomic E-state index is 14.0. The van der Waals surface area contributed by atoms with Gasteiger partial charge >= 0.3 is 12.2 Å². The first-order valence-corrected chi connectivity index (χ1v) is 17.5. The van der Waals surface area contributed by atoms with Crippen molar-refractivity contribution in [2.75, 3.05) is 13.1 Å². The van der Waals surface area contributed by atoms with E-state index in [4.69, 9.17) is 15.2 Å². The lowest BCUT2D eigenvalue weighted by molar-refractivity contribution is -0.140. The van der Waals surface area contributed by atoms with Crippen molar-refractivity contribution in [2.45, 2.75) is 111 Å². The molecule has 50 heavy (non-hydrogen) atoms. The van der Waals surface area contributed by atoms with Crippen molar-refractivity contribution in [3.05, 3.63) is 71.8 Å². The molecule has 0 heterocycles. The number of unbranched alkanes of at least 4 members (excludes halogenated alkanes) is 1. The minimum absolute atomic E-state index is 0.0273. The Morgan fingerprint density at radius 2 is 1.42 bits per heavy atom. The predicted molar refractivity (Wildman–Crippen MR) is 193 cm³/mol. The normalized spacial score (nSPS) is 13.2. The molecule has 0 saturated carbocycles. The van der Waals surface area contributed by atoms with Crippen LogP contribution in [0.5, 0.6) is 0 Å². The minimum atomic E-state index is -1.14. The van der Waals surface area contributed by atoms with Gasteiger partial charge in [0, 0.05) is 25.4 Å². The molecule has 0 bridgehead atoms. The number of carbonyl (C=O) groups is 5. The van der Waals surface area contributed by atoms with Gasteiger partial charge in [0.15, 0.2) is 0 Å². The molecule has 0 fully saturated rings. The summed E-state index contributed by atoms with van der Waals surface area (Å²) in [6.45, 7) is 13.1. The Labute approximate surface area is 297 Å². The third kappa shape index (κ3) is 15.4. The summed E-state index contributed by atoms with van der Waals surface area (Å²) in [5.41, 5.74) is 6.36. The third-order valence-electron chi connectivity index (χ3n) is 7.75. The first kappa shape index (κ1) is 41.7. The lowest BCUT2D eigenvalue weighted by Gasteiger charge is -2.34. The van der Waals surface area contributed by atoms with Crippen LogP contribution in [0.25, 0.3) is 0 Å². The molecular formula is C38H57N5O7. The minimum Gasteiger partial charge on any atom is -0.445 e. The van der Waals surface area contributed by atoms with E-state index in [1.165, 1.54) is 0 Å². The molecule has 0 unspecified atom stereocenters. The van der Waals surface area contributed by atoms with Gasteiger partial charge < -0.3 is 31.2 Å². The smallest absolute Gasteiger partial charge is 0.417 e. The lowest BCUT2D eigenvalue weighted by Crippen LogP contribution is -2.58. The van der Waals surface area contributed by atoms with Crippen LogP contribution in [0.3, 0.4) is 0 Å². The van der Waals surface area contributed by atoms with Gasteiger partial charge in [0.1, 0.15) is 24.3 Å². The maximum atomic E-state index is 14.0. The molecule has 12 nitrogen and oxygen atoms in total. The van der Waals surface area contributed by atoms with Gasteiger partial charge in [-0.05, 0) is 69.5 Å². The van der Waals surface area contributed by atoms with Crippen LogP contribution in [-0.4, -0.2) is 71.6 Å². The fourth-order valence-electron chi connectivity index (χ4n) is 5.06. The van der Waals surface area contributed by atoms with Gasteiger partial charge in [-0.1, -0.05) is 88.4 Å². The summed E-state index contributed by atoms with van der Waals surface area (Å²) >= 11 is 0. The average Bonchev–Trinajstić information content (AvgIpc) is 3.04. The highest BCUT2D eigenvalue weighted by molar-refractivity contribution is 5.98. The molecule has 2 aromatic rings. The first-order chi connectivity index (χ1) is 23.6. The second-order valence-corrected chi connectivity index (χ2v) is 14.2. The van der Waals surface area contributed by atoms with Crippen molar-refractivity contribution in [3.8, 4) is 0 Å². The molecule has 12 heteroatoms. The number of alkyl carbamates (subject to hydrolysis) is 1. The number of hydrogen-bond acceptors (Lipinski definition) is 8. The Bertz CT molecular complexity index is 1360. The van der Waals surface area contributed by atoms with Crippen molar-refractivity contribution < 1.29 is 33.4 Å². The predicted octanol–water partition coefficient (Wildman–Crippen LogP) is 5.09. The number of carbonyl (C=O) groups excluding carboxylic acids is 5. The molecule has 0 saturated heterocycles. The quantitative estimate of drug-likeness (QED) is 0.156. The highest BCUT2D eigenvalue weighted by Gasteiger charge is 2.38. The number of rotatable bonds is 18. The Balaban J connectivity index is 2.23.